The number of halogens is 4. The summed E-state index contributed by atoms with van der Waals surface area (Å²) in [7, 11) is 0. The third-order valence-electron chi connectivity index (χ3n) is 1.33. The lowest BCUT2D eigenvalue weighted by atomic mass is 10.4. The Labute approximate surface area is 86.2 Å². The first-order valence-corrected chi connectivity index (χ1v) is 4.11. The van der Waals surface area contributed by atoms with Crippen LogP contribution < -0.4 is 0 Å². The minimum absolute atomic E-state index is 0.0602. The molecule has 0 aromatic carbocycles. The summed E-state index contributed by atoms with van der Waals surface area (Å²) in [6.45, 7) is -1.79. The van der Waals surface area contributed by atoms with Crippen molar-refractivity contribution in [3.8, 4) is 0 Å². The van der Waals surface area contributed by atoms with Crippen molar-refractivity contribution in [2.45, 2.75) is 19.0 Å². The van der Waals surface area contributed by atoms with Gasteiger partial charge in [-0.2, -0.15) is 13.8 Å². The summed E-state index contributed by atoms with van der Waals surface area (Å²) in [6.07, 6.45) is -3.76. The van der Waals surface area contributed by atoms with Gasteiger partial charge in [-0.25, -0.2) is 13.9 Å². The summed E-state index contributed by atoms with van der Waals surface area (Å²) >= 11 is 4.47. The number of nitrogens with zero attached hydrogens (tertiary/aromatic N) is 1. The molecule has 9 heteroatoms. The molecule has 0 unspecified atom stereocenters. The quantitative estimate of drug-likeness (QED) is 0.638. The van der Waals surface area contributed by atoms with Gasteiger partial charge < -0.3 is 9.26 Å². The van der Waals surface area contributed by atoms with Gasteiger partial charge in [0.15, 0.2) is 5.82 Å². The molecule has 0 spiro atoms. The smallest absolute Gasteiger partial charge is 0.330 e. The molecule has 0 aliphatic carbocycles. The van der Waals surface area contributed by atoms with Crippen LogP contribution in [0.1, 0.15) is 5.82 Å². The molecule has 0 aliphatic heterocycles. The Bertz CT molecular complexity index is 364. The Balaban J connectivity index is 2.36. The van der Waals surface area contributed by atoms with E-state index in [1.807, 2.05) is 0 Å². The van der Waals surface area contributed by atoms with Crippen LogP contribution in [0.3, 0.4) is 0 Å². The van der Waals surface area contributed by atoms with Crippen molar-refractivity contribution >= 4 is 12.2 Å². The van der Waals surface area contributed by atoms with Gasteiger partial charge in [0, 0.05) is 0 Å². The van der Waals surface area contributed by atoms with Crippen molar-refractivity contribution < 1.29 is 26.8 Å². The van der Waals surface area contributed by atoms with Crippen LogP contribution >= 0.6 is 12.2 Å². The molecular formula is C6H6F4N2O2S. The summed E-state index contributed by atoms with van der Waals surface area (Å²) in [5, 5.41) is 2.17. The minimum atomic E-state index is -4.17. The Hall–Kier alpha value is -0.960. The van der Waals surface area contributed by atoms with Gasteiger partial charge in [0.1, 0.15) is 13.2 Å². The summed E-state index contributed by atoms with van der Waals surface area (Å²) in [6, 6.07) is 0. The first-order chi connectivity index (χ1) is 6.92. The van der Waals surface area contributed by atoms with Gasteiger partial charge in [0.05, 0.1) is 0 Å². The van der Waals surface area contributed by atoms with Crippen molar-refractivity contribution in [1.82, 2.24) is 10.1 Å². The molecule has 86 valence electrons. The lowest BCUT2D eigenvalue weighted by molar-refractivity contribution is -0.168. The van der Waals surface area contributed by atoms with Crippen molar-refractivity contribution in [2.75, 3.05) is 6.61 Å². The van der Waals surface area contributed by atoms with E-state index in [1.54, 1.807) is 0 Å². The Kier molecular flexibility index (Phi) is 3.80. The van der Waals surface area contributed by atoms with Crippen LogP contribution in [0.25, 0.3) is 0 Å². The number of aromatic amines is 1. The second-order valence-corrected chi connectivity index (χ2v) is 2.93. The second-order valence-electron chi connectivity index (χ2n) is 2.58. The van der Waals surface area contributed by atoms with E-state index in [4.69, 9.17) is 0 Å². The number of rotatable bonds is 5. The molecule has 0 saturated heterocycles. The standard InChI is InChI=1S/C6H6F4N2O2S/c7-4(8)6(9,10)2-13-1-3-11-5(15)14-12-3/h4H,1-2H2,(H,11,12,15). The van der Waals surface area contributed by atoms with Crippen LogP contribution in [0.15, 0.2) is 4.52 Å². The zero-order valence-corrected chi connectivity index (χ0v) is 7.99. The molecule has 0 saturated carbocycles. The van der Waals surface area contributed by atoms with Crippen molar-refractivity contribution in [3.05, 3.63) is 10.7 Å². The van der Waals surface area contributed by atoms with E-state index in [0.717, 1.165) is 0 Å². The Morgan fingerprint density at radius 2 is 2.20 bits per heavy atom. The van der Waals surface area contributed by atoms with Crippen LogP contribution in [0.2, 0.25) is 0 Å². The van der Waals surface area contributed by atoms with Gasteiger partial charge in [0.25, 0.3) is 0 Å². The molecule has 0 amide bonds. The zero-order valence-electron chi connectivity index (χ0n) is 7.18. The SMILES string of the molecule is FC(F)C(F)(F)COCc1nc(=S)o[nH]1. The fourth-order valence-corrected chi connectivity index (χ4v) is 0.819. The third-order valence-corrected chi connectivity index (χ3v) is 1.51. The summed E-state index contributed by atoms with van der Waals surface area (Å²) in [5.41, 5.74) is 0. The molecule has 15 heavy (non-hydrogen) atoms. The molecule has 1 heterocycles. The van der Waals surface area contributed by atoms with Crippen molar-refractivity contribution in [1.29, 1.82) is 0 Å². The summed E-state index contributed by atoms with van der Waals surface area (Å²) in [5.74, 6) is -4.11. The van der Waals surface area contributed by atoms with Crippen LogP contribution in [-0.2, 0) is 11.3 Å². The topological polar surface area (TPSA) is 51.1 Å². The van der Waals surface area contributed by atoms with E-state index < -0.39 is 25.6 Å². The second kappa shape index (κ2) is 4.71. The monoisotopic (exact) mass is 246 g/mol. The highest BCUT2D eigenvalue weighted by molar-refractivity contribution is 7.71. The molecule has 1 N–H and O–H groups in total. The van der Waals surface area contributed by atoms with Gasteiger partial charge in [-0.15, -0.1) is 0 Å². The molecular weight excluding hydrogens is 240 g/mol. The molecule has 0 bridgehead atoms. The maximum Gasteiger partial charge on any atom is 0.330 e. The zero-order chi connectivity index (χ0) is 11.5. The predicted octanol–water partition coefficient (Wildman–Crippen LogP) is 2.15. The Morgan fingerprint density at radius 1 is 1.53 bits per heavy atom. The highest BCUT2D eigenvalue weighted by atomic mass is 32.1. The lowest BCUT2D eigenvalue weighted by Gasteiger charge is -2.14. The molecule has 0 fully saturated rings. The fraction of sp³-hybridized carbons (Fsp3) is 0.667. The normalized spacial score (nSPS) is 12.3. The lowest BCUT2D eigenvalue weighted by Crippen LogP contribution is -2.32. The first kappa shape index (κ1) is 12.1. The maximum absolute atomic E-state index is 12.3. The van der Waals surface area contributed by atoms with Crippen LogP contribution in [0.5, 0.6) is 0 Å². The van der Waals surface area contributed by atoms with Gasteiger partial charge in [-0.05, 0) is 12.2 Å². The Morgan fingerprint density at radius 3 is 2.67 bits per heavy atom. The summed E-state index contributed by atoms with van der Waals surface area (Å²) in [4.78, 5) is 3.39. The highest BCUT2D eigenvalue weighted by Gasteiger charge is 2.40. The number of aromatic nitrogens is 2. The third kappa shape index (κ3) is 3.59. The van der Waals surface area contributed by atoms with Crippen molar-refractivity contribution in [2.24, 2.45) is 0 Å². The maximum atomic E-state index is 12.3. The molecule has 4 nitrogen and oxygen atoms in total. The van der Waals surface area contributed by atoms with E-state index in [0.29, 0.717) is 0 Å². The number of ether oxygens (including phenoxy) is 1. The first-order valence-electron chi connectivity index (χ1n) is 3.70. The van der Waals surface area contributed by atoms with Crippen LogP contribution in [0, 0.1) is 4.84 Å². The number of alkyl halides is 4. The van der Waals surface area contributed by atoms with Gasteiger partial charge in [-0.1, -0.05) is 0 Å². The number of hydrogen-bond acceptors (Lipinski definition) is 4. The average Bonchev–Trinajstić information content (AvgIpc) is 2.51. The summed E-state index contributed by atoms with van der Waals surface area (Å²) < 4.78 is 56.7. The van der Waals surface area contributed by atoms with Crippen LogP contribution in [0.4, 0.5) is 17.6 Å². The van der Waals surface area contributed by atoms with Gasteiger partial charge in [-0.3, -0.25) is 0 Å². The molecule has 0 aliphatic rings. The number of H-pyrrole nitrogens is 1. The fourth-order valence-electron chi connectivity index (χ4n) is 0.667. The minimum Gasteiger partial charge on any atom is -0.367 e. The van der Waals surface area contributed by atoms with Crippen molar-refractivity contribution in [3.63, 3.8) is 0 Å². The molecule has 1 aromatic heterocycles. The number of nitrogens with one attached hydrogen (secondary N) is 1. The van der Waals surface area contributed by atoms with E-state index >= 15 is 0 Å². The van der Waals surface area contributed by atoms with Gasteiger partial charge in [0.2, 0.25) is 0 Å². The molecule has 0 radical (unpaired) electrons. The molecule has 1 aromatic rings. The van der Waals surface area contributed by atoms with E-state index in [9.17, 15) is 17.6 Å². The van der Waals surface area contributed by atoms with Crippen LogP contribution in [-0.4, -0.2) is 29.1 Å². The average molecular weight is 246 g/mol. The number of hydrogen-bond donors (Lipinski definition) is 1. The van der Waals surface area contributed by atoms with E-state index in [1.165, 1.54) is 0 Å². The van der Waals surface area contributed by atoms with E-state index in [2.05, 4.69) is 31.6 Å². The molecule has 0 atom stereocenters. The predicted molar refractivity (Wildman–Crippen MR) is 42.3 cm³/mol. The van der Waals surface area contributed by atoms with Gasteiger partial charge >= 0.3 is 17.2 Å². The molecule has 1 rings (SSSR count). The van der Waals surface area contributed by atoms with E-state index in [-0.39, 0.29) is 10.7 Å². The highest BCUT2D eigenvalue weighted by Crippen LogP contribution is 2.23. The largest absolute Gasteiger partial charge is 0.367 e.